The van der Waals surface area contributed by atoms with E-state index < -0.39 is 24.5 Å². The van der Waals surface area contributed by atoms with Gasteiger partial charge in [-0.05, 0) is 13.8 Å². The van der Waals surface area contributed by atoms with E-state index in [2.05, 4.69) is 15.6 Å². The zero-order valence-electron chi connectivity index (χ0n) is 12.0. The van der Waals surface area contributed by atoms with Crippen LogP contribution in [0.3, 0.4) is 0 Å². The number of aliphatic hydroxyl groups is 1. The Morgan fingerprint density at radius 2 is 2.33 bits per heavy atom. The van der Waals surface area contributed by atoms with Crippen LogP contribution < -0.4 is 10.6 Å². The fourth-order valence-corrected chi connectivity index (χ4v) is 2.80. The number of urea groups is 1. The first-order valence-electron chi connectivity index (χ1n) is 7.06. The average molecular weight is 296 g/mol. The third-order valence-corrected chi connectivity index (χ3v) is 3.72. The maximum atomic E-state index is 11.9. The van der Waals surface area contributed by atoms with Gasteiger partial charge in [-0.15, -0.1) is 0 Å². The van der Waals surface area contributed by atoms with Crippen molar-refractivity contribution in [2.75, 3.05) is 6.61 Å². The topological polar surface area (TPSA) is 97.6 Å². The summed E-state index contributed by atoms with van der Waals surface area (Å²) in [5, 5.41) is 16.1. The molecular weight excluding hydrogens is 276 g/mol. The Balaban J connectivity index is 1.76. The van der Waals surface area contributed by atoms with Crippen molar-refractivity contribution in [3.63, 3.8) is 0 Å². The standard InChI is InChI=1S/C13H20N4O4/c1-7(2)15-13(19)16-9-8-5-20-12(21-8)10(11(9)18)17-4-3-14-6-17/h3-4,6-12,18H,5H2,1-2H3,(H2,15,16,19). The summed E-state index contributed by atoms with van der Waals surface area (Å²) in [6, 6.07) is -1.28. The maximum absolute atomic E-state index is 11.9. The number of imidazole rings is 1. The minimum Gasteiger partial charge on any atom is -0.388 e. The summed E-state index contributed by atoms with van der Waals surface area (Å²) in [5.74, 6) is 0. The molecule has 1 aromatic rings. The quantitative estimate of drug-likeness (QED) is 0.706. The van der Waals surface area contributed by atoms with Crippen molar-refractivity contribution in [2.45, 2.75) is 50.5 Å². The highest BCUT2D eigenvalue weighted by molar-refractivity contribution is 5.74. The van der Waals surface area contributed by atoms with Gasteiger partial charge in [-0.1, -0.05) is 0 Å². The van der Waals surface area contributed by atoms with Crippen LogP contribution in [-0.4, -0.2) is 57.9 Å². The molecule has 0 aliphatic carbocycles. The number of fused-ring (bicyclic) bond motifs is 2. The molecule has 21 heavy (non-hydrogen) atoms. The van der Waals surface area contributed by atoms with Gasteiger partial charge in [0.2, 0.25) is 0 Å². The monoisotopic (exact) mass is 296 g/mol. The zero-order valence-corrected chi connectivity index (χ0v) is 12.0. The fourth-order valence-electron chi connectivity index (χ4n) is 2.80. The van der Waals surface area contributed by atoms with Gasteiger partial charge in [-0.2, -0.15) is 0 Å². The second kappa shape index (κ2) is 5.63. The van der Waals surface area contributed by atoms with Crippen molar-refractivity contribution in [3.8, 4) is 0 Å². The molecule has 2 aliphatic rings. The smallest absolute Gasteiger partial charge is 0.315 e. The van der Waals surface area contributed by atoms with Crippen molar-refractivity contribution in [2.24, 2.45) is 0 Å². The summed E-state index contributed by atoms with van der Waals surface area (Å²) in [7, 11) is 0. The first-order chi connectivity index (χ1) is 10.1. The number of carbonyl (C=O) groups excluding carboxylic acids is 1. The molecule has 0 saturated carbocycles. The van der Waals surface area contributed by atoms with Gasteiger partial charge in [-0.25, -0.2) is 9.78 Å². The van der Waals surface area contributed by atoms with Crippen molar-refractivity contribution in [1.29, 1.82) is 0 Å². The van der Waals surface area contributed by atoms with E-state index in [1.807, 2.05) is 13.8 Å². The van der Waals surface area contributed by atoms with Crippen LogP contribution in [0.2, 0.25) is 0 Å². The van der Waals surface area contributed by atoms with Crippen molar-refractivity contribution in [1.82, 2.24) is 20.2 Å². The lowest BCUT2D eigenvalue weighted by molar-refractivity contribution is -0.163. The summed E-state index contributed by atoms with van der Waals surface area (Å²) < 4.78 is 13.1. The molecule has 8 nitrogen and oxygen atoms in total. The van der Waals surface area contributed by atoms with Gasteiger partial charge in [0.25, 0.3) is 0 Å². The highest BCUT2D eigenvalue weighted by Gasteiger charge is 2.51. The molecule has 0 radical (unpaired) electrons. The Morgan fingerprint density at radius 3 is 3.00 bits per heavy atom. The minimum absolute atomic E-state index is 0.0173. The van der Waals surface area contributed by atoms with E-state index in [4.69, 9.17) is 9.47 Å². The largest absolute Gasteiger partial charge is 0.388 e. The molecule has 5 atom stereocenters. The number of carbonyl (C=O) groups is 1. The molecule has 3 heterocycles. The normalized spacial score (nSPS) is 35.0. The number of amides is 2. The molecule has 2 bridgehead atoms. The summed E-state index contributed by atoms with van der Waals surface area (Å²) in [6.07, 6.45) is 3.29. The number of hydrogen-bond donors (Lipinski definition) is 3. The second-order valence-corrected chi connectivity index (χ2v) is 5.67. The van der Waals surface area contributed by atoms with Crippen LogP contribution in [0.1, 0.15) is 19.9 Å². The van der Waals surface area contributed by atoms with E-state index in [0.717, 1.165) is 0 Å². The van der Waals surface area contributed by atoms with Crippen LogP contribution in [0.15, 0.2) is 18.7 Å². The molecule has 0 spiro atoms. The van der Waals surface area contributed by atoms with Gasteiger partial charge in [0.15, 0.2) is 6.29 Å². The molecule has 0 aromatic carbocycles. The number of nitrogens with zero attached hydrogens (tertiary/aromatic N) is 2. The molecular formula is C13H20N4O4. The highest BCUT2D eigenvalue weighted by atomic mass is 16.7. The summed E-state index contributed by atoms with van der Waals surface area (Å²) >= 11 is 0. The van der Waals surface area contributed by atoms with E-state index in [1.165, 1.54) is 0 Å². The molecule has 8 heteroatoms. The third kappa shape index (κ3) is 2.74. The molecule has 116 valence electrons. The van der Waals surface area contributed by atoms with Crippen molar-refractivity contribution >= 4 is 6.03 Å². The first-order valence-corrected chi connectivity index (χ1v) is 7.06. The van der Waals surface area contributed by atoms with E-state index in [0.29, 0.717) is 6.61 Å². The average Bonchev–Trinajstić information content (AvgIpc) is 3.05. The van der Waals surface area contributed by atoms with E-state index >= 15 is 0 Å². The zero-order chi connectivity index (χ0) is 15.0. The number of rotatable bonds is 3. The van der Waals surface area contributed by atoms with Crippen LogP contribution in [0, 0.1) is 0 Å². The van der Waals surface area contributed by atoms with Gasteiger partial charge in [0.1, 0.15) is 18.2 Å². The predicted octanol–water partition coefficient (Wildman–Crippen LogP) is -0.384. The van der Waals surface area contributed by atoms with Gasteiger partial charge in [0.05, 0.1) is 19.0 Å². The molecule has 2 amide bonds. The minimum atomic E-state index is -0.816. The Morgan fingerprint density at radius 1 is 1.52 bits per heavy atom. The van der Waals surface area contributed by atoms with Gasteiger partial charge in [0, 0.05) is 18.4 Å². The third-order valence-electron chi connectivity index (χ3n) is 3.72. The highest BCUT2D eigenvalue weighted by Crippen LogP contribution is 2.35. The summed E-state index contributed by atoms with van der Waals surface area (Å²) in [5.41, 5.74) is 0. The van der Waals surface area contributed by atoms with Crippen LogP contribution >= 0.6 is 0 Å². The SMILES string of the molecule is CC(C)NC(=O)NC1C2COC(O2)C(n2ccnc2)C1O. The lowest BCUT2D eigenvalue weighted by Gasteiger charge is -2.39. The first kappa shape index (κ1) is 14.3. The Bertz CT molecular complexity index is 492. The molecule has 2 aliphatic heterocycles. The number of aromatic nitrogens is 2. The van der Waals surface area contributed by atoms with Crippen LogP contribution in [0.5, 0.6) is 0 Å². The Hall–Kier alpha value is -1.64. The van der Waals surface area contributed by atoms with Gasteiger partial charge in [-0.3, -0.25) is 0 Å². The summed E-state index contributed by atoms with van der Waals surface area (Å²) in [4.78, 5) is 15.9. The molecule has 2 fully saturated rings. The number of aliphatic hydroxyl groups excluding tert-OH is 1. The molecule has 3 N–H and O–H groups in total. The Kier molecular flexibility index (Phi) is 3.83. The van der Waals surface area contributed by atoms with Crippen molar-refractivity contribution in [3.05, 3.63) is 18.7 Å². The number of nitrogens with one attached hydrogen (secondary N) is 2. The lowest BCUT2D eigenvalue weighted by atomic mass is 9.96. The molecule has 2 saturated heterocycles. The lowest BCUT2D eigenvalue weighted by Crippen LogP contribution is -2.60. The second-order valence-electron chi connectivity index (χ2n) is 5.67. The van der Waals surface area contributed by atoms with Crippen LogP contribution in [0.4, 0.5) is 4.79 Å². The maximum Gasteiger partial charge on any atom is 0.315 e. The summed E-state index contributed by atoms with van der Waals surface area (Å²) in [6.45, 7) is 4.09. The number of hydrogen-bond acceptors (Lipinski definition) is 5. The molecule has 1 aromatic heterocycles. The van der Waals surface area contributed by atoms with Crippen molar-refractivity contribution < 1.29 is 19.4 Å². The van der Waals surface area contributed by atoms with Gasteiger partial charge < -0.3 is 29.8 Å². The van der Waals surface area contributed by atoms with E-state index in [9.17, 15) is 9.90 Å². The van der Waals surface area contributed by atoms with Crippen LogP contribution in [-0.2, 0) is 9.47 Å². The van der Waals surface area contributed by atoms with Gasteiger partial charge >= 0.3 is 6.03 Å². The van der Waals surface area contributed by atoms with E-state index in [1.54, 1.807) is 23.3 Å². The fraction of sp³-hybridized carbons (Fsp3) is 0.692. The Labute approximate surface area is 122 Å². The molecule has 5 unspecified atom stereocenters. The van der Waals surface area contributed by atoms with Crippen LogP contribution in [0.25, 0.3) is 0 Å². The van der Waals surface area contributed by atoms with E-state index in [-0.39, 0.29) is 18.2 Å². The predicted molar refractivity (Wildman–Crippen MR) is 72.5 cm³/mol. The molecule has 3 rings (SSSR count). The number of ether oxygens (including phenoxy) is 2.